The lowest BCUT2D eigenvalue weighted by Crippen LogP contribution is -2.58. The van der Waals surface area contributed by atoms with Gasteiger partial charge in [-0.2, -0.15) is 0 Å². The van der Waals surface area contributed by atoms with E-state index in [2.05, 4.69) is 5.32 Å². The predicted octanol–water partition coefficient (Wildman–Crippen LogP) is -3.12. The number of hydrogen-bond donors (Lipinski definition) is 6. The van der Waals surface area contributed by atoms with E-state index in [1.807, 2.05) is 0 Å². The minimum absolute atomic E-state index is 0.124. The van der Waals surface area contributed by atoms with Crippen LogP contribution in [0.1, 0.15) is 26.7 Å². The molecule has 25 heavy (non-hydrogen) atoms. The molecule has 0 aliphatic rings. The lowest BCUT2D eigenvalue weighted by atomic mass is 10.0. The van der Waals surface area contributed by atoms with Gasteiger partial charge in [-0.05, 0) is 5.92 Å². The normalized spacial score (nSPS) is 14.3. The summed E-state index contributed by atoms with van der Waals surface area (Å²) in [5.74, 6) is -6.13. The van der Waals surface area contributed by atoms with Gasteiger partial charge in [-0.3, -0.25) is 29.2 Å². The highest BCUT2D eigenvalue weighted by Crippen LogP contribution is 2.10. The Balaban J connectivity index is 5.27. The highest BCUT2D eigenvalue weighted by molar-refractivity contribution is 5.94. The maximum atomic E-state index is 12.3. The zero-order valence-electron chi connectivity index (χ0n) is 13.8. The Hall–Kier alpha value is -2.73. The monoisotopic (exact) mass is 361 g/mol. The Morgan fingerprint density at radius 1 is 1.08 bits per heavy atom. The molecule has 0 aromatic carbocycles. The smallest absolute Gasteiger partial charge is 0.306 e. The molecular formula is C13H23N5O7. The molecule has 12 nitrogen and oxygen atoms in total. The van der Waals surface area contributed by atoms with E-state index >= 15 is 0 Å². The number of carbonyl (C=O) groups is 5. The number of carboxylic acids is 1. The molecule has 0 bridgehead atoms. The molecular weight excluding hydrogens is 338 g/mol. The highest BCUT2D eigenvalue weighted by Gasteiger charge is 2.36. The van der Waals surface area contributed by atoms with Crippen LogP contribution in [-0.4, -0.2) is 63.1 Å². The molecule has 0 rings (SSSR count). The van der Waals surface area contributed by atoms with Crippen LogP contribution in [0.2, 0.25) is 0 Å². The van der Waals surface area contributed by atoms with E-state index in [0.717, 1.165) is 0 Å². The van der Waals surface area contributed by atoms with Crippen LogP contribution in [0.4, 0.5) is 0 Å². The minimum Gasteiger partial charge on any atom is -0.481 e. The molecule has 3 atom stereocenters. The third-order valence-electron chi connectivity index (χ3n) is 3.21. The number of primary amides is 2. The third-order valence-corrected chi connectivity index (χ3v) is 3.21. The molecule has 0 saturated carbocycles. The maximum absolute atomic E-state index is 12.3. The van der Waals surface area contributed by atoms with Gasteiger partial charge in [0, 0.05) is 0 Å². The van der Waals surface area contributed by atoms with Crippen LogP contribution in [0.5, 0.6) is 0 Å². The summed E-state index contributed by atoms with van der Waals surface area (Å²) in [6.07, 6.45) is -1.38. The first-order valence-corrected chi connectivity index (χ1v) is 7.25. The van der Waals surface area contributed by atoms with Gasteiger partial charge in [-0.15, -0.1) is 0 Å². The topological polar surface area (TPSA) is 219 Å². The van der Waals surface area contributed by atoms with E-state index in [-0.39, 0.29) is 5.06 Å². The molecule has 0 aromatic heterocycles. The van der Waals surface area contributed by atoms with Gasteiger partial charge in [0.15, 0.2) is 0 Å². The van der Waals surface area contributed by atoms with Crippen molar-refractivity contribution < 1.29 is 34.3 Å². The number of carbonyl (C=O) groups excluding carboxylic acids is 4. The van der Waals surface area contributed by atoms with Crippen LogP contribution in [0.15, 0.2) is 0 Å². The molecule has 12 heteroatoms. The molecule has 0 saturated heterocycles. The first-order chi connectivity index (χ1) is 11.4. The van der Waals surface area contributed by atoms with Gasteiger partial charge < -0.3 is 27.6 Å². The standard InChI is InChI=1S/C13H23N5O7/c1-5(2)10(17-12(23)6(14)3-8(15)19)13(24)18(25)7(11(16)22)4-9(20)21/h5-7,10,25H,3-4,14H2,1-2H3,(H2,15,19)(H2,16,22)(H,17,23)(H,20,21)/t6-,7-,10-/m0/s1. The number of hydrogen-bond acceptors (Lipinski definition) is 7. The second kappa shape index (κ2) is 9.54. The lowest BCUT2D eigenvalue weighted by molar-refractivity contribution is -0.184. The Kier molecular flexibility index (Phi) is 8.50. The van der Waals surface area contributed by atoms with Crippen molar-refractivity contribution in [3.8, 4) is 0 Å². The minimum atomic E-state index is -1.82. The van der Waals surface area contributed by atoms with Gasteiger partial charge in [-0.1, -0.05) is 13.8 Å². The number of aliphatic carboxylic acids is 1. The summed E-state index contributed by atoms with van der Waals surface area (Å²) >= 11 is 0. The SMILES string of the molecule is CC(C)[C@H](NC(=O)[C@@H](N)CC(N)=O)C(=O)N(O)[C@@H](CC(=O)O)C(N)=O. The number of rotatable bonds is 10. The molecule has 0 radical (unpaired) electrons. The second-order valence-corrected chi connectivity index (χ2v) is 5.71. The molecule has 0 fully saturated rings. The summed E-state index contributed by atoms with van der Waals surface area (Å²) in [6, 6.07) is -4.47. The second-order valence-electron chi connectivity index (χ2n) is 5.71. The summed E-state index contributed by atoms with van der Waals surface area (Å²) < 4.78 is 0. The third kappa shape index (κ3) is 7.14. The maximum Gasteiger partial charge on any atom is 0.306 e. The van der Waals surface area contributed by atoms with Crippen LogP contribution in [0, 0.1) is 5.92 Å². The van der Waals surface area contributed by atoms with Crippen molar-refractivity contribution in [1.29, 1.82) is 0 Å². The molecule has 0 spiro atoms. The number of hydroxylamine groups is 2. The van der Waals surface area contributed by atoms with Crippen molar-refractivity contribution in [2.24, 2.45) is 23.1 Å². The fourth-order valence-corrected chi connectivity index (χ4v) is 1.85. The van der Waals surface area contributed by atoms with Crippen molar-refractivity contribution in [3.05, 3.63) is 0 Å². The average molecular weight is 361 g/mol. The van der Waals surface area contributed by atoms with Crippen molar-refractivity contribution in [2.75, 3.05) is 0 Å². The summed E-state index contributed by atoms with van der Waals surface area (Å²) in [4.78, 5) is 57.0. The quantitative estimate of drug-likeness (QED) is 0.172. The Morgan fingerprint density at radius 2 is 1.60 bits per heavy atom. The summed E-state index contributed by atoms with van der Waals surface area (Å²) in [5, 5.41) is 20.7. The molecule has 0 unspecified atom stereocenters. The Bertz CT molecular complexity index is 551. The van der Waals surface area contributed by atoms with Crippen molar-refractivity contribution in [2.45, 2.75) is 44.8 Å². The first-order valence-electron chi connectivity index (χ1n) is 7.25. The number of nitrogens with two attached hydrogens (primary N) is 3. The van der Waals surface area contributed by atoms with Crippen LogP contribution in [0.25, 0.3) is 0 Å². The highest BCUT2D eigenvalue weighted by atomic mass is 16.5. The van der Waals surface area contributed by atoms with Crippen LogP contribution >= 0.6 is 0 Å². The average Bonchev–Trinajstić information content (AvgIpc) is 2.47. The van der Waals surface area contributed by atoms with E-state index in [4.69, 9.17) is 22.3 Å². The zero-order valence-corrected chi connectivity index (χ0v) is 13.8. The Morgan fingerprint density at radius 3 is 1.96 bits per heavy atom. The van der Waals surface area contributed by atoms with E-state index < -0.39 is 66.5 Å². The fourth-order valence-electron chi connectivity index (χ4n) is 1.85. The predicted molar refractivity (Wildman–Crippen MR) is 82.4 cm³/mol. The van der Waals surface area contributed by atoms with E-state index in [1.54, 1.807) is 0 Å². The van der Waals surface area contributed by atoms with E-state index in [9.17, 15) is 29.2 Å². The molecule has 4 amide bonds. The number of carboxylic acid groups (broad SMARTS) is 1. The summed E-state index contributed by atoms with van der Waals surface area (Å²) in [5.41, 5.74) is 15.4. The van der Waals surface area contributed by atoms with Crippen molar-refractivity contribution in [1.82, 2.24) is 10.4 Å². The van der Waals surface area contributed by atoms with Gasteiger partial charge in [-0.25, -0.2) is 5.06 Å². The van der Waals surface area contributed by atoms with Crippen LogP contribution in [-0.2, 0) is 24.0 Å². The Labute approximate surface area is 143 Å². The molecule has 9 N–H and O–H groups in total. The van der Waals surface area contributed by atoms with Crippen LogP contribution < -0.4 is 22.5 Å². The van der Waals surface area contributed by atoms with Crippen molar-refractivity contribution in [3.63, 3.8) is 0 Å². The van der Waals surface area contributed by atoms with E-state index in [0.29, 0.717) is 0 Å². The fraction of sp³-hybridized carbons (Fsp3) is 0.615. The van der Waals surface area contributed by atoms with E-state index in [1.165, 1.54) is 13.8 Å². The van der Waals surface area contributed by atoms with Gasteiger partial charge in [0.25, 0.3) is 5.91 Å². The van der Waals surface area contributed by atoms with Gasteiger partial charge in [0.1, 0.15) is 12.1 Å². The van der Waals surface area contributed by atoms with Gasteiger partial charge in [0.2, 0.25) is 17.7 Å². The molecule has 0 aliphatic carbocycles. The number of nitrogens with zero attached hydrogens (tertiary/aromatic N) is 1. The molecule has 0 heterocycles. The summed E-state index contributed by atoms with van der Waals surface area (Å²) in [6.45, 7) is 3.04. The molecule has 0 aromatic rings. The lowest BCUT2D eigenvalue weighted by Gasteiger charge is -2.29. The largest absolute Gasteiger partial charge is 0.481 e. The van der Waals surface area contributed by atoms with Crippen molar-refractivity contribution >= 4 is 29.6 Å². The summed E-state index contributed by atoms with van der Waals surface area (Å²) in [7, 11) is 0. The van der Waals surface area contributed by atoms with Gasteiger partial charge in [0.05, 0.1) is 18.9 Å². The molecule has 0 aliphatic heterocycles. The molecule has 142 valence electrons. The number of nitrogens with one attached hydrogen (secondary N) is 1. The number of amides is 4. The van der Waals surface area contributed by atoms with Crippen LogP contribution in [0.3, 0.4) is 0 Å². The first kappa shape index (κ1) is 22.3. The zero-order chi connectivity index (χ0) is 19.9. The van der Waals surface area contributed by atoms with Gasteiger partial charge >= 0.3 is 5.97 Å².